The fourth-order valence-corrected chi connectivity index (χ4v) is 3.17. The maximum absolute atomic E-state index is 5.59. The lowest BCUT2D eigenvalue weighted by Gasteiger charge is -2.28. The Balaban J connectivity index is 1.99. The third-order valence-electron chi connectivity index (χ3n) is 4.16. The second-order valence-electron chi connectivity index (χ2n) is 5.91. The highest BCUT2D eigenvalue weighted by molar-refractivity contribution is 5.46. The van der Waals surface area contributed by atoms with E-state index in [1.807, 2.05) is 6.20 Å². The van der Waals surface area contributed by atoms with Crippen molar-refractivity contribution in [3.63, 3.8) is 0 Å². The molecule has 0 saturated heterocycles. The van der Waals surface area contributed by atoms with E-state index >= 15 is 0 Å². The van der Waals surface area contributed by atoms with E-state index in [-0.39, 0.29) is 0 Å². The summed E-state index contributed by atoms with van der Waals surface area (Å²) in [6, 6.07) is 2.23. The molecule has 1 aromatic heterocycles. The summed E-state index contributed by atoms with van der Waals surface area (Å²) in [6.07, 6.45) is 9.89. The maximum Gasteiger partial charge on any atom is 0.131 e. The van der Waals surface area contributed by atoms with Crippen LogP contribution in [0.4, 0.5) is 5.82 Å². The van der Waals surface area contributed by atoms with E-state index in [2.05, 4.69) is 29.9 Å². The number of aryl methyl sites for hydroxylation is 1. The van der Waals surface area contributed by atoms with Gasteiger partial charge in [-0.2, -0.15) is 0 Å². The van der Waals surface area contributed by atoms with Crippen LogP contribution < -0.4 is 10.6 Å². The molecule has 2 rings (SSSR count). The van der Waals surface area contributed by atoms with Gasteiger partial charge in [0.05, 0.1) is 0 Å². The summed E-state index contributed by atoms with van der Waals surface area (Å²) in [6.45, 7) is 3.99. The van der Waals surface area contributed by atoms with Crippen molar-refractivity contribution in [1.29, 1.82) is 0 Å². The lowest BCUT2D eigenvalue weighted by Crippen LogP contribution is -2.28. The highest BCUT2D eigenvalue weighted by atomic mass is 15.2. The molecule has 0 spiro atoms. The van der Waals surface area contributed by atoms with Crippen molar-refractivity contribution >= 4 is 5.82 Å². The molecule has 1 aliphatic rings. The van der Waals surface area contributed by atoms with Crippen molar-refractivity contribution in [2.24, 2.45) is 11.7 Å². The third-order valence-corrected chi connectivity index (χ3v) is 4.16. The van der Waals surface area contributed by atoms with Gasteiger partial charge < -0.3 is 10.6 Å². The largest absolute Gasteiger partial charge is 0.359 e. The molecule has 0 aromatic carbocycles. The third kappa shape index (κ3) is 3.93. The van der Waals surface area contributed by atoms with Gasteiger partial charge in [0.15, 0.2) is 0 Å². The molecular weight excluding hydrogens is 234 g/mol. The zero-order chi connectivity index (χ0) is 13.7. The van der Waals surface area contributed by atoms with E-state index in [0.717, 1.165) is 24.7 Å². The van der Waals surface area contributed by atoms with Crippen molar-refractivity contribution < 1.29 is 0 Å². The predicted molar refractivity (Wildman–Crippen MR) is 81.6 cm³/mol. The molecule has 3 heteroatoms. The van der Waals surface area contributed by atoms with Gasteiger partial charge in [0.1, 0.15) is 5.82 Å². The second kappa shape index (κ2) is 6.90. The molecule has 0 aliphatic heterocycles. The van der Waals surface area contributed by atoms with Crippen LogP contribution in [0.5, 0.6) is 0 Å². The second-order valence-corrected chi connectivity index (χ2v) is 5.91. The molecule has 0 bridgehead atoms. The minimum Gasteiger partial charge on any atom is -0.359 e. The molecule has 1 heterocycles. The fraction of sp³-hybridized carbons (Fsp3) is 0.688. The summed E-state index contributed by atoms with van der Waals surface area (Å²) in [5.41, 5.74) is 8.11. The molecule has 0 amide bonds. The van der Waals surface area contributed by atoms with E-state index in [0.29, 0.717) is 6.54 Å². The normalized spacial score (nSPS) is 16.6. The van der Waals surface area contributed by atoms with Gasteiger partial charge in [-0.25, -0.2) is 4.98 Å². The standard InChI is InChI=1S/C16H27N3/c1-13-10-15(8-9-17)11-18-16(13)19(2)12-14-6-4-3-5-7-14/h10-11,14H,3-9,12,17H2,1-2H3. The van der Waals surface area contributed by atoms with E-state index in [9.17, 15) is 0 Å². The van der Waals surface area contributed by atoms with Crippen LogP contribution in [0.15, 0.2) is 12.3 Å². The Kier molecular flexibility index (Phi) is 5.20. The number of rotatable bonds is 5. The van der Waals surface area contributed by atoms with Gasteiger partial charge in [0.2, 0.25) is 0 Å². The van der Waals surface area contributed by atoms with Gasteiger partial charge in [-0.05, 0) is 49.8 Å². The van der Waals surface area contributed by atoms with E-state index in [1.165, 1.54) is 43.2 Å². The van der Waals surface area contributed by atoms with Crippen molar-refractivity contribution in [1.82, 2.24) is 4.98 Å². The van der Waals surface area contributed by atoms with Crippen LogP contribution in [0.25, 0.3) is 0 Å². The first-order chi connectivity index (χ1) is 9.20. The molecule has 0 atom stereocenters. The van der Waals surface area contributed by atoms with Gasteiger partial charge >= 0.3 is 0 Å². The predicted octanol–water partition coefficient (Wildman–Crippen LogP) is 2.91. The Bertz CT molecular complexity index is 397. The first kappa shape index (κ1) is 14.3. The Labute approximate surface area is 117 Å². The zero-order valence-electron chi connectivity index (χ0n) is 12.4. The molecular formula is C16H27N3. The van der Waals surface area contributed by atoms with Crippen molar-refractivity contribution in [3.8, 4) is 0 Å². The first-order valence-corrected chi connectivity index (χ1v) is 7.57. The Morgan fingerprint density at radius 1 is 1.32 bits per heavy atom. The molecule has 0 radical (unpaired) electrons. The minimum atomic E-state index is 0.693. The van der Waals surface area contributed by atoms with Gasteiger partial charge in [-0.1, -0.05) is 25.3 Å². The molecule has 1 saturated carbocycles. The van der Waals surface area contributed by atoms with Gasteiger partial charge in [0.25, 0.3) is 0 Å². The summed E-state index contributed by atoms with van der Waals surface area (Å²) in [7, 11) is 2.17. The minimum absolute atomic E-state index is 0.693. The van der Waals surface area contributed by atoms with Crippen LogP contribution in [0, 0.1) is 12.8 Å². The van der Waals surface area contributed by atoms with Gasteiger partial charge in [-0.15, -0.1) is 0 Å². The number of anilines is 1. The van der Waals surface area contributed by atoms with Crippen LogP contribution in [0.2, 0.25) is 0 Å². The quantitative estimate of drug-likeness (QED) is 0.886. The lowest BCUT2D eigenvalue weighted by molar-refractivity contribution is 0.361. The van der Waals surface area contributed by atoms with Crippen LogP contribution >= 0.6 is 0 Å². The first-order valence-electron chi connectivity index (χ1n) is 7.57. The van der Waals surface area contributed by atoms with Gasteiger partial charge in [-0.3, -0.25) is 0 Å². The van der Waals surface area contributed by atoms with E-state index in [1.54, 1.807) is 0 Å². The number of pyridine rings is 1. The maximum atomic E-state index is 5.59. The summed E-state index contributed by atoms with van der Waals surface area (Å²) in [5, 5.41) is 0. The van der Waals surface area contributed by atoms with Crippen LogP contribution in [-0.2, 0) is 6.42 Å². The summed E-state index contributed by atoms with van der Waals surface area (Å²) in [4.78, 5) is 6.96. The molecule has 1 fully saturated rings. The highest BCUT2D eigenvalue weighted by Crippen LogP contribution is 2.26. The summed E-state index contributed by atoms with van der Waals surface area (Å²) >= 11 is 0. The number of nitrogens with two attached hydrogens (primary N) is 1. The van der Waals surface area contributed by atoms with Crippen LogP contribution in [-0.4, -0.2) is 25.1 Å². The van der Waals surface area contributed by atoms with Crippen LogP contribution in [0.3, 0.4) is 0 Å². The Morgan fingerprint density at radius 2 is 2.05 bits per heavy atom. The average molecular weight is 261 g/mol. The van der Waals surface area contributed by atoms with Crippen molar-refractivity contribution in [3.05, 3.63) is 23.4 Å². The van der Waals surface area contributed by atoms with Crippen LogP contribution in [0.1, 0.15) is 43.2 Å². The fourth-order valence-electron chi connectivity index (χ4n) is 3.17. The number of hydrogen-bond acceptors (Lipinski definition) is 3. The molecule has 2 N–H and O–H groups in total. The molecule has 106 valence electrons. The smallest absolute Gasteiger partial charge is 0.131 e. The van der Waals surface area contributed by atoms with Crippen molar-refractivity contribution in [2.45, 2.75) is 45.4 Å². The Morgan fingerprint density at radius 3 is 2.68 bits per heavy atom. The average Bonchev–Trinajstić information content (AvgIpc) is 2.40. The summed E-state index contributed by atoms with van der Waals surface area (Å²) in [5.74, 6) is 1.98. The summed E-state index contributed by atoms with van der Waals surface area (Å²) < 4.78 is 0. The zero-order valence-corrected chi connectivity index (χ0v) is 12.4. The number of hydrogen-bond donors (Lipinski definition) is 1. The molecule has 1 aliphatic carbocycles. The van der Waals surface area contributed by atoms with Gasteiger partial charge in [0, 0.05) is 19.8 Å². The van der Waals surface area contributed by atoms with E-state index < -0.39 is 0 Å². The molecule has 0 unspecified atom stereocenters. The van der Waals surface area contributed by atoms with Crippen molar-refractivity contribution in [2.75, 3.05) is 25.0 Å². The SMILES string of the molecule is Cc1cc(CCN)cnc1N(C)CC1CCCCC1. The number of nitrogens with zero attached hydrogens (tertiary/aromatic N) is 2. The molecule has 1 aromatic rings. The lowest BCUT2D eigenvalue weighted by atomic mass is 9.89. The monoisotopic (exact) mass is 261 g/mol. The Hall–Kier alpha value is -1.09. The molecule has 3 nitrogen and oxygen atoms in total. The van der Waals surface area contributed by atoms with E-state index in [4.69, 9.17) is 5.73 Å². The topological polar surface area (TPSA) is 42.1 Å². The number of aromatic nitrogens is 1. The highest BCUT2D eigenvalue weighted by Gasteiger charge is 2.17. The molecule has 19 heavy (non-hydrogen) atoms.